The minimum absolute atomic E-state index is 0.0734. The third-order valence-electron chi connectivity index (χ3n) is 3.43. The lowest BCUT2D eigenvalue weighted by molar-refractivity contribution is -0.130. The lowest BCUT2D eigenvalue weighted by atomic mass is 10.2. The molecule has 8 nitrogen and oxygen atoms in total. The zero-order valence-corrected chi connectivity index (χ0v) is 15.4. The Morgan fingerprint density at radius 1 is 0.857 bits per heavy atom. The van der Waals surface area contributed by atoms with Gasteiger partial charge in [0.15, 0.2) is 6.61 Å². The Balaban J connectivity index is 1.60. The summed E-state index contributed by atoms with van der Waals surface area (Å²) in [6.45, 7) is 2.39. The molecule has 0 radical (unpaired) electrons. The molecular weight excluding hydrogens is 362 g/mol. The lowest BCUT2D eigenvalue weighted by Crippen LogP contribution is -2.44. The second kappa shape index (κ2) is 11.1. The molecule has 0 aliphatic carbocycles. The number of hydrogen-bond donors (Lipinski definition) is 2. The minimum Gasteiger partial charge on any atom is -0.494 e. The van der Waals surface area contributed by atoms with Gasteiger partial charge in [-0.1, -0.05) is 0 Å². The van der Waals surface area contributed by atoms with Gasteiger partial charge in [-0.15, -0.1) is 0 Å². The molecular formula is C20H21N3O5. The van der Waals surface area contributed by atoms with Crippen molar-refractivity contribution in [3.8, 4) is 23.3 Å². The highest BCUT2D eigenvalue weighted by Crippen LogP contribution is 2.17. The Morgan fingerprint density at radius 2 is 1.39 bits per heavy atom. The molecule has 0 unspecified atom stereocenters. The molecule has 2 rings (SSSR count). The number of hydrogen-bond acceptors (Lipinski definition) is 6. The van der Waals surface area contributed by atoms with E-state index in [0.29, 0.717) is 23.7 Å². The first-order chi connectivity index (χ1) is 13.6. The van der Waals surface area contributed by atoms with Crippen molar-refractivity contribution in [3.05, 3.63) is 54.1 Å². The molecule has 2 aromatic rings. The molecule has 2 aromatic carbocycles. The molecule has 0 aliphatic heterocycles. The lowest BCUT2D eigenvalue weighted by Gasteiger charge is -2.10. The summed E-state index contributed by atoms with van der Waals surface area (Å²) < 4.78 is 16.1. The van der Waals surface area contributed by atoms with E-state index in [2.05, 4.69) is 10.9 Å². The van der Waals surface area contributed by atoms with Crippen LogP contribution >= 0.6 is 0 Å². The fourth-order valence-corrected chi connectivity index (χ4v) is 2.07. The third kappa shape index (κ3) is 7.25. The van der Waals surface area contributed by atoms with E-state index in [4.69, 9.17) is 19.5 Å². The standard InChI is InChI=1S/C20H21N3O5/c1-2-26-16-7-9-17(10-8-16)27-12-11-19(24)22-23-20(25)14-28-18-5-3-15(13-21)4-6-18/h3-10H,2,11-12,14H2,1H3,(H,22,24)(H,23,25). The summed E-state index contributed by atoms with van der Waals surface area (Å²) in [5, 5.41) is 8.72. The molecule has 0 heterocycles. The van der Waals surface area contributed by atoms with Crippen molar-refractivity contribution in [2.45, 2.75) is 13.3 Å². The second-order valence-corrected chi connectivity index (χ2v) is 5.52. The summed E-state index contributed by atoms with van der Waals surface area (Å²) in [5.74, 6) is 0.918. The summed E-state index contributed by atoms with van der Waals surface area (Å²) in [6.07, 6.45) is 0.0734. The van der Waals surface area contributed by atoms with E-state index in [1.165, 1.54) is 0 Å². The third-order valence-corrected chi connectivity index (χ3v) is 3.43. The van der Waals surface area contributed by atoms with Crippen molar-refractivity contribution in [1.82, 2.24) is 10.9 Å². The highest BCUT2D eigenvalue weighted by molar-refractivity contribution is 5.82. The fraction of sp³-hybridized carbons (Fsp3) is 0.250. The van der Waals surface area contributed by atoms with E-state index >= 15 is 0 Å². The predicted octanol–water partition coefficient (Wildman–Crippen LogP) is 1.95. The van der Waals surface area contributed by atoms with Gasteiger partial charge in [0.1, 0.15) is 17.2 Å². The number of carbonyl (C=O) groups excluding carboxylic acids is 2. The Morgan fingerprint density at radius 3 is 2.00 bits per heavy atom. The highest BCUT2D eigenvalue weighted by atomic mass is 16.5. The van der Waals surface area contributed by atoms with Gasteiger partial charge >= 0.3 is 0 Å². The van der Waals surface area contributed by atoms with Crippen molar-refractivity contribution in [2.24, 2.45) is 0 Å². The van der Waals surface area contributed by atoms with Crippen LogP contribution in [-0.4, -0.2) is 31.6 Å². The number of ether oxygens (including phenoxy) is 3. The van der Waals surface area contributed by atoms with Crippen LogP contribution in [0.1, 0.15) is 18.9 Å². The van der Waals surface area contributed by atoms with Gasteiger partial charge in [-0.2, -0.15) is 5.26 Å². The smallest absolute Gasteiger partial charge is 0.276 e. The fourth-order valence-electron chi connectivity index (χ4n) is 2.07. The van der Waals surface area contributed by atoms with Gasteiger partial charge in [0.25, 0.3) is 5.91 Å². The average Bonchev–Trinajstić information content (AvgIpc) is 2.72. The highest BCUT2D eigenvalue weighted by Gasteiger charge is 2.06. The van der Waals surface area contributed by atoms with Gasteiger partial charge in [-0.3, -0.25) is 20.4 Å². The van der Waals surface area contributed by atoms with Crippen LogP contribution in [0.15, 0.2) is 48.5 Å². The van der Waals surface area contributed by atoms with E-state index in [1.54, 1.807) is 48.5 Å². The molecule has 2 N–H and O–H groups in total. The van der Waals surface area contributed by atoms with E-state index < -0.39 is 11.8 Å². The van der Waals surface area contributed by atoms with E-state index in [9.17, 15) is 9.59 Å². The van der Waals surface area contributed by atoms with Crippen LogP contribution in [0.5, 0.6) is 17.2 Å². The maximum atomic E-state index is 11.7. The first-order valence-corrected chi connectivity index (χ1v) is 8.67. The average molecular weight is 383 g/mol. The van der Waals surface area contributed by atoms with Crippen molar-refractivity contribution in [3.63, 3.8) is 0 Å². The molecule has 8 heteroatoms. The Bertz CT molecular complexity index is 813. The summed E-state index contributed by atoms with van der Waals surface area (Å²) in [7, 11) is 0. The maximum Gasteiger partial charge on any atom is 0.276 e. The Labute approximate surface area is 163 Å². The molecule has 0 bridgehead atoms. The predicted molar refractivity (Wildman–Crippen MR) is 101 cm³/mol. The van der Waals surface area contributed by atoms with E-state index in [1.807, 2.05) is 13.0 Å². The maximum absolute atomic E-state index is 11.7. The molecule has 0 saturated carbocycles. The number of amides is 2. The molecule has 0 aromatic heterocycles. The minimum atomic E-state index is -0.509. The number of hydrazine groups is 1. The van der Waals surface area contributed by atoms with Crippen molar-refractivity contribution < 1.29 is 23.8 Å². The van der Waals surface area contributed by atoms with Gasteiger partial charge in [0, 0.05) is 0 Å². The first kappa shape index (κ1) is 20.6. The number of nitrogens with one attached hydrogen (secondary N) is 2. The number of rotatable bonds is 9. The van der Waals surface area contributed by atoms with Crippen LogP contribution < -0.4 is 25.1 Å². The Hall–Kier alpha value is -3.73. The molecule has 0 spiro atoms. The van der Waals surface area contributed by atoms with Gasteiger partial charge in [-0.25, -0.2) is 0 Å². The molecule has 0 atom stereocenters. The first-order valence-electron chi connectivity index (χ1n) is 8.67. The quantitative estimate of drug-likeness (QED) is 0.641. The van der Waals surface area contributed by atoms with Crippen LogP contribution in [0, 0.1) is 11.3 Å². The molecule has 0 fully saturated rings. The van der Waals surface area contributed by atoms with Gasteiger partial charge in [0.2, 0.25) is 5.91 Å². The summed E-state index contributed by atoms with van der Waals surface area (Å²) >= 11 is 0. The van der Waals surface area contributed by atoms with Gasteiger partial charge < -0.3 is 14.2 Å². The monoisotopic (exact) mass is 383 g/mol. The van der Waals surface area contributed by atoms with Crippen LogP contribution in [0.3, 0.4) is 0 Å². The normalized spacial score (nSPS) is 9.71. The number of nitriles is 1. The van der Waals surface area contributed by atoms with Crippen LogP contribution in [0.4, 0.5) is 0 Å². The van der Waals surface area contributed by atoms with Crippen LogP contribution in [0.2, 0.25) is 0 Å². The van der Waals surface area contributed by atoms with Crippen molar-refractivity contribution in [2.75, 3.05) is 19.8 Å². The second-order valence-electron chi connectivity index (χ2n) is 5.52. The largest absolute Gasteiger partial charge is 0.494 e. The van der Waals surface area contributed by atoms with E-state index in [0.717, 1.165) is 5.75 Å². The molecule has 0 saturated heterocycles. The summed E-state index contributed by atoms with van der Waals surface area (Å²) in [5.41, 5.74) is 5.04. The molecule has 28 heavy (non-hydrogen) atoms. The summed E-state index contributed by atoms with van der Waals surface area (Å²) in [4.78, 5) is 23.4. The number of carbonyl (C=O) groups is 2. The number of benzene rings is 2. The SMILES string of the molecule is CCOc1ccc(OCCC(=O)NNC(=O)COc2ccc(C#N)cc2)cc1. The van der Waals surface area contributed by atoms with Gasteiger partial charge in [-0.05, 0) is 55.5 Å². The summed E-state index contributed by atoms with van der Waals surface area (Å²) in [6, 6.07) is 15.4. The zero-order chi connectivity index (χ0) is 20.2. The van der Waals surface area contributed by atoms with E-state index in [-0.39, 0.29) is 19.6 Å². The zero-order valence-electron chi connectivity index (χ0n) is 15.4. The topological polar surface area (TPSA) is 110 Å². The van der Waals surface area contributed by atoms with Crippen molar-refractivity contribution in [1.29, 1.82) is 5.26 Å². The van der Waals surface area contributed by atoms with Crippen molar-refractivity contribution >= 4 is 11.8 Å². The molecule has 0 aliphatic rings. The molecule has 2 amide bonds. The molecule has 146 valence electrons. The van der Waals surface area contributed by atoms with Gasteiger partial charge in [0.05, 0.1) is 31.3 Å². The van der Waals surface area contributed by atoms with Crippen LogP contribution in [0.25, 0.3) is 0 Å². The Kier molecular flexibility index (Phi) is 8.15. The van der Waals surface area contributed by atoms with Crippen LogP contribution in [-0.2, 0) is 9.59 Å². The number of nitrogens with zero attached hydrogens (tertiary/aromatic N) is 1.